The molecule has 16 heavy (non-hydrogen) atoms. The van der Waals surface area contributed by atoms with Gasteiger partial charge in [0.15, 0.2) is 0 Å². The minimum absolute atomic E-state index is 0.0516. The minimum atomic E-state index is -4.23. The third-order valence-electron chi connectivity index (χ3n) is 2.48. The van der Waals surface area contributed by atoms with Gasteiger partial charge in [0.05, 0.1) is 0 Å². The van der Waals surface area contributed by atoms with E-state index < -0.39 is 12.1 Å². The smallest absolute Gasteiger partial charge is 0.170 e. The average Bonchev–Trinajstić information content (AvgIpc) is 2.29. The summed E-state index contributed by atoms with van der Waals surface area (Å²) < 4.78 is 37.5. The molecule has 3 heteroatoms. The standard InChI is InChI=1S/C13H10F3/c14-13(15,16)12-8-4-7-11(9-12)10-5-2-1-3-6-10/h1-8H,9H2. The van der Waals surface area contributed by atoms with Gasteiger partial charge in [0.2, 0.25) is 0 Å². The summed E-state index contributed by atoms with van der Waals surface area (Å²) in [6, 6.07) is 9.12. The molecule has 0 aliphatic heterocycles. The van der Waals surface area contributed by atoms with Gasteiger partial charge in [-0.1, -0.05) is 48.6 Å². The van der Waals surface area contributed by atoms with E-state index in [1.165, 1.54) is 6.08 Å². The summed E-state index contributed by atoms with van der Waals surface area (Å²) in [7, 11) is 0. The molecule has 1 aromatic rings. The molecule has 0 nitrogen and oxygen atoms in total. The number of allylic oxidation sites excluding steroid dienone is 4. The van der Waals surface area contributed by atoms with E-state index in [9.17, 15) is 13.2 Å². The molecule has 0 aromatic heterocycles. The highest BCUT2D eigenvalue weighted by atomic mass is 19.4. The van der Waals surface area contributed by atoms with E-state index in [-0.39, 0.29) is 6.42 Å². The Morgan fingerprint density at radius 3 is 2.31 bits per heavy atom. The Bertz CT molecular complexity index is 413. The molecule has 83 valence electrons. The molecule has 0 spiro atoms. The number of benzene rings is 1. The van der Waals surface area contributed by atoms with E-state index in [1.807, 2.05) is 30.3 Å². The monoisotopic (exact) mass is 223 g/mol. The maximum Gasteiger partial charge on any atom is 0.399 e. The van der Waals surface area contributed by atoms with Gasteiger partial charge in [0, 0.05) is 0 Å². The highest BCUT2D eigenvalue weighted by Gasteiger charge is 2.39. The van der Waals surface area contributed by atoms with Gasteiger partial charge in [-0.2, -0.15) is 13.2 Å². The summed E-state index contributed by atoms with van der Waals surface area (Å²) in [6.07, 6.45) is 0.0282. The van der Waals surface area contributed by atoms with Crippen molar-refractivity contribution in [3.63, 3.8) is 0 Å². The second-order valence-electron chi connectivity index (χ2n) is 3.62. The second-order valence-corrected chi connectivity index (χ2v) is 3.62. The molecule has 0 bridgehead atoms. The van der Waals surface area contributed by atoms with Crippen LogP contribution in [0.3, 0.4) is 0 Å². The van der Waals surface area contributed by atoms with Crippen molar-refractivity contribution < 1.29 is 13.2 Å². The zero-order chi connectivity index (χ0) is 11.6. The molecule has 2 rings (SSSR count). The van der Waals surface area contributed by atoms with Crippen LogP contribution in [0, 0.1) is 5.92 Å². The Balaban J connectivity index is 2.21. The van der Waals surface area contributed by atoms with Gasteiger partial charge in [-0.25, -0.2) is 0 Å². The highest BCUT2D eigenvalue weighted by Crippen LogP contribution is 2.38. The van der Waals surface area contributed by atoms with Crippen LogP contribution in [-0.4, -0.2) is 6.18 Å². The van der Waals surface area contributed by atoms with E-state index in [4.69, 9.17) is 0 Å². The fourth-order valence-electron chi connectivity index (χ4n) is 1.65. The lowest BCUT2D eigenvalue weighted by Gasteiger charge is -2.20. The van der Waals surface area contributed by atoms with E-state index in [1.54, 1.807) is 6.08 Å². The molecular formula is C13H10F3. The molecular weight excluding hydrogens is 213 g/mol. The Labute approximate surface area is 92.1 Å². The zero-order valence-corrected chi connectivity index (χ0v) is 8.46. The summed E-state index contributed by atoms with van der Waals surface area (Å²) in [5.41, 5.74) is 1.55. The van der Waals surface area contributed by atoms with E-state index in [0.29, 0.717) is 5.57 Å². The number of alkyl halides is 3. The number of hydrogen-bond donors (Lipinski definition) is 0. The van der Waals surface area contributed by atoms with Crippen molar-refractivity contribution >= 4 is 5.57 Å². The van der Waals surface area contributed by atoms with Crippen LogP contribution in [0.15, 0.2) is 48.6 Å². The average molecular weight is 223 g/mol. The predicted molar refractivity (Wildman–Crippen MR) is 57.5 cm³/mol. The highest BCUT2D eigenvalue weighted by molar-refractivity contribution is 5.71. The SMILES string of the molecule is FC(F)(F)[C]1C=CC=C(c2ccccc2)C1. The molecule has 0 fully saturated rings. The molecule has 0 saturated carbocycles. The maximum absolute atomic E-state index is 12.5. The number of halogens is 3. The van der Waals surface area contributed by atoms with Crippen molar-refractivity contribution in [2.75, 3.05) is 0 Å². The number of hydrogen-bond acceptors (Lipinski definition) is 0. The Kier molecular flexibility index (Phi) is 2.86. The molecule has 1 aliphatic rings. The van der Waals surface area contributed by atoms with Gasteiger partial charge < -0.3 is 0 Å². The van der Waals surface area contributed by atoms with Crippen molar-refractivity contribution in [3.05, 3.63) is 60.0 Å². The van der Waals surface area contributed by atoms with Gasteiger partial charge >= 0.3 is 6.18 Å². The van der Waals surface area contributed by atoms with E-state index in [2.05, 4.69) is 0 Å². The lowest BCUT2D eigenvalue weighted by Crippen LogP contribution is -2.20. The van der Waals surface area contributed by atoms with Crippen molar-refractivity contribution in [3.8, 4) is 0 Å². The first kappa shape index (κ1) is 11.0. The predicted octanol–water partition coefficient (Wildman–Crippen LogP) is 4.17. The fraction of sp³-hybridized carbons (Fsp3) is 0.154. The van der Waals surface area contributed by atoms with Crippen molar-refractivity contribution in [1.82, 2.24) is 0 Å². The van der Waals surface area contributed by atoms with Crippen LogP contribution < -0.4 is 0 Å². The molecule has 1 aromatic carbocycles. The van der Waals surface area contributed by atoms with Crippen LogP contribution in [0.4, 0.5) is 13.2 Å². The molecule has 0 heterocycles. The third-order valence-corrected chi connectivity index (χ3v) is 2.48. The van der Waals surface area contributed by atoms with Crippen molar-refractivity contribution in [1.29, 1.82) is 0 Å². The van der Waals surface area contributed by atoms with Crippen LogP contribution >= 0.6 is 0 Å². The van der Waals surface area contributed by atoms with Gasteiger partial charge in [-0.3, -0.25) is 0 Å². The topological polar surface area (TPSA) is 0 Å². The van der Waals surface area contributed by atoms with Gasteiger partial charge in [0.1, 0.15) is 5.92 Å². The maximum atomic E-state index is 12.5. The van der Waals surface area contributed by atoms with Crippen LogP contribution in [0.25, 0.3) is 5.57 Å². The quantitative estimate of drug-likeness (QED) is 0.670. The van der Waals surface area contributed by atoms with Crippen LogP contribution in [0.2, 0.25) is 0 Å². The summed E-state index contributed by atoms with van der Waals surface area (Å²) in [6.45, 7) is 0. The normalized spacial score (nSPS) is 17.3. The van der Waals surface area contributed by atoms with Gasteiger partial charge in [0.25, 0.3) is 0 Å². The summed E-state index contributed by atoms with van der Waals surface area (Å²) in [4.78, 5) is 0. The summed E-state index contributed by atoms with van der Waals surface area (Å²) >= 11 is 0. The summed E-state index contributed by atoms with van der Waals surface area (Å²) in [5.74, 6) is -0.492. The fourth-order valence-corrected chi connectivity index (χ4v) is 1.65. The first-order chi connectivity index (χ1) is 7.57. The van der Waals surface area contributed by atoms with Crippen molar-refractivity contribution in [2.24, 2.45) is 0 Å². The molecule has 1 radical (unpaired) electrons. The lowest BCUT2D eigenvalue weighted by molar-refractivity contribution is -0.109. The molecule has 0 saturated heterocycles. The summed E-state index contributed by atoms with van der Waals surface area (Å²) in [5, 5.41) is 0. The lowest BCUT2D eigenvalue weighted by atomic mass is 9.90. The molecule has 0 N–H and O–H groups in total. The largest absolute Gasteiger partial charge is 0.399 e. The zero-order valence-electron chi connectivity index (χ0n) is 8.46. The Morgan fingerprint density at radius 2 is 1.69 bits per heavy atom. The van der Waals surface area contributed by atoms with E-state index in [0.717, 1.165) is 11.6 Å². The number of rotatable bonds is 1. The first-order valence-corrected chi connectivity index (χ1v) is 4.93. The molecule has 0 amide bonds. The van der Waals surface area contributed by atoms with Crippen LogP contribution in [-0.2, 0) is 0 Å². The van der Waals surface area contributed by atoms with E-state index >= 15 is 0 Å². The minimum Gasteiger partial charge on any atom is -0.170 e. The van der Waals surface area contributed by atoms with Gasteiger partial charge in [-0.15, -0.1) is 0 Å². The van der Waals surface area contributed by atoms with Crippen LogP contribution in [0.1, 0.15) is 12.0 Å². The Hall–Kier alpha value is -1.51. The second kappa shape index (κ2) is 4.16. The first-order valence-electron chi connectivity index (χ1n) is 4.93. The third kappa shape index (κ3) is 2.35. The molecule has 0 atom stereocenters. The Morgan fingerprint density at radius 1 is 1.00 bits per heavy atom. The molecule has 0 unspecified atom stereocenters. The van der Waals surface area contributed by atoms with Crippen LogP contribution in [0.5, 0.6) is 0 Å². The van der Waals surface area contributed by atoms with Gasteiger partial charge in [-0.05, 0) is 17.6 Å². The van der Waals surface area contributed by atoms with Crippen molar-refractivity contribution in [2.45, 2.75) is 12.6 Å². The molecule has 1 aliphatic carbocycles.